The van der Waals surface area contributed by atoms with Crippen LogP contribution in [0.2, 0.25) is 0 Å². The van der Waals surface area contributed by atoms with Crippen molar-refractivity contribution in [1.29, 1.82) is 0 Å². The number of hydrogen-bond donors (Lipinski definition) is 3. The van der Waals surface area contributed by atoms with Gasteiger partial charge in [0.15, 0.2) is 0 Å². The van der Waals surface area contributed by atoms with Crippen molar-refractivity contribution in [1.82, 2.24) is 16.0 Å². The normalized spacial score (nSPS) is 18.3. The largest absolute Gasteiger partial charge is 0.351 e. The maximum Gasteiger partial charge on any atom is 0.239 e. The smallest absolute Gasteiger partial charge is 0.239 e. The van der Waals surface area contributed by atoms with Crippen LogP contribution in [0.15, 0.2) is 0 Å². The van der Waals surface area contributed by atoms with Crippen LogP contribution in [0.1, 0.15) is 33.1 Å². The Morgan fingerprint density at radius 3 is 2.61 bits per heavy atom. The highest BCUT2D eigenvalue weighted by atomic mass is 35.5. The van der Waals surface area contributed by atoms with Gasteiger partial charge in [-0.05, 0) is 25.3 Å². The van der Waals surface area contributed by atoms with E-state index in [1.807, 2.05) is 0 Å². The van der Waals surface area contributed by atoms with Crippen LogP contribution in [-0.4, -0.2) is 37.5 Å². The Balaban J connectivity index is 0.00000289. The van der Waals surface area contributed by atoms with Crippen molar-refractivity contribution in [3.8, 4) is 0 Å². The summed E-state index contributed by atoms with van der Waals surface area (Å²) in [6.45, 7) is 6.02. The van der Waals surface area contributed by atoms with Gasteiger partial charge in [-0.3, -0.25) is 9.59 Å². The minimum atomic E-state index is -0.100. The molecule has 3 N–H and O–H groups in total. The van der Waals surface area contributed by atoms with Crippen molar-refractivity contribution < 1.29 is 9.59 Å². The van der Waals surface area contributed by atoms with Crippen LogP contribution in [0.3, 0.4) is 0 Å². The molecule has 1 rings (SSSR count). The van der Waals surface area contributed by atoms with Crippen molar-refractivity contribution >= 4 is 24.2 Å². The van der Waals surface area contributed by atoms with Gasteiger partial charge in [0.2, 0.25) is 11.8 Å². The number of carbonyl (C=O) groups excluding carboxylic acids is 2. The molecular weight excluding hydrogens is 254 g/mol. The van der Waals surface area contributed by atoms with Gasteiger partial charge in [0.25, 0.3) is 0 Å². The monoisotopic (exact) mass is 277 g/mol. The van der Waals surface area contributed by atoms with E-state index in [1.165, 1.54) is 0 Å². The molecule has 1 unspecified atom stereocenters. The number of hydrogen-bond acceptors (Lipinski definition) is 3. The van der Waals surface area contributed by atoms with Gasteiger partial charge >= 0.3 is 0 Å². The van der Waals surface area contributed by atoms with Gasteiger partial charge in [-0.2, -0.15) is 0 Å². The quantitative estimate of drug-likeness (QED) is 0.660. The highest BCUT2D eigenvalue weighted by Gasteiger charge is 2.16. The Morgan fingerprint density at radius 2 is 2.06 bits per heavy atom. The van der Waals surface area contributed by atoms with Gasteiger partial charge in [-0.1, -0.05) is 13.8 Å². The van der Waals surface area contributed by atoms with E-state index in [-0.39, 0.29) is 36.8 Å². The van der Waals surface area contributed by atoms with Gasteiger partial charge < -0.3 is 16.0 Å². The summed E-state index contributed by atoms with van der Waals surface area (Å²) < 4.78 is 0. The molecule has 1 heterocycles. The molecule has 0 aliphatic carbocycles. The molecule has 1 saturated heterocycles. The molecule has 0 aromatic carbocycles. The first-order valence-corrected chi connectivity index (χ1v) is 6.34. The maximum absolute atomic E-state index is 11.5. The summed E-state index contributed by atoms with van der Waals surface area (Å²) in [7, 11) is 0. The first-order chi connectivity index (χ1) is 8.08. The average Bonchev–Trinajstić information content (AvgIpc) is 2.76. The number of amides is 2. The Hall–Kier alpha value is -0.810. The van der Waals surface area contributed by atoms with Crippen molar-refractivity contribution in [3.05, 3.63) is 0 Å². The van der Waals surface area contributed by atoms with E-state index in [2.05, 4.69) is 29.8 Å². The van der Waals surface area contributed by atoms with Gasteiger partial charge in [0.05, 0.1) is 6.54 Å². The summed E-state index contributed by atoms with van der Waals surface area (Å²) in [5, 5.41) is 8.70. The fourth-order valence-electron chi connectivity index (χ4n) is 1.74. The third-order valence-electron chi connectivity index (χ3n) is 2.82. The molecule has 5 nitrogen and oxygen atoms in total. The second-order valence-corrected chi connectivity index (χ2v) is 4.97. The molecule has 1 aliphatic rings. The Kier molecular flexibility index (Phi) is 8.75. The van der Waals surface area contributed by atoms with Crippen LogP contribution in [0.5, 0.6) is 0 Å². The van der Waals surface area contributed by atoms with Crippen LogP contribution in [0.4, 0.5) is 0 Å². The minimum absolute atomic E-state index is 0. The molecular formula is C12H24ClN3O2. The number of carbonyl (C=O) groups is 2. The van der Waals surface area contributed by atoms with E-state index in [4.69, 9.17) is 0 Å². The van der Waals surface area contributed by atoms with Crippen molar-refractivity contribution in [3.63, 3.8) is 0 Å². The molecule has 6 heteroatoms. The molecule has 0 radical (unpaired) electrons. The molecule has 0 aromatic heterocycles. The first kappa shape index (κ1) is 17.2. The van der Waals surface area contributed by atoms with Crippen LogP contribution in [0.25, 0.3) is 0 Å². The van der Waals surface area contributed by atoms with E-state index >= 15 is 0 Å². The van der Waals surface area contributed by atoms with E-state index in [9.17, 15) is 9.59 Å². The lowest BCUT2D eigenvalue weighted by Gasteiger charge is -2.12. The molecule has 0 spiro atoms. The topological polar surface area (TPSA) is 70.2 Å². The molecule has 1 aliphatic heterocycles. The number of rotatable bonds is 6. The summed E-state index contributed by atoms with van der Waals surface area (Å²) in [5.74, 6) is 0.370. The van der Waals surface area contributed by atoms with Crippen molar-refractivity contribution in [2.24, 2.45) is 5.92 Å². The van der Waals surface area contributed by atoms with E-state index < -0.39 is 0 Å². The molecule has 18 heavy (non-hydrogen) atoms. The summed E-state index contributed by atoms with van der Waals surface area (Å²) in [5.41, 5.74) is 0. The Bertz CT molecular complexity index is 266. The van der Waals surface area contributed by atoms with Crippen molar-refractivity contribution in [2.75, 3.05) is 19.6 Å². The lowest BCUT2D eigenvalue weighted by molar-refractivity contribution is -0.126. The van der Waals surface area contributed by atoms with Crippen LogP contribution in [-0.2, 0) is 9.59 Å². The zero-order chi connectivity index (χ0) is 12.7. The number of halogens is 1. The van der Waals surface area contributed by atoms with Gasteiger partial charge in [-0.15, -0.1) is 12.4 Å². The highest BCUT2D eigenvalue weighted by molar-refractivity contribution is 5.85. The van der Waals surface area contributed by atoms with Gasteiger partial charge in [0.1, 0.15) is 0 Å². The summed E-state index contributed by atoms with van der Waals surface area (Å²) in [4.78, 5) is 22.9. The molecule has 1 fully saturated rings. The van der Waals surface area contributed by atoms with Crippen LogP contribution >= 0.6 is 12.4 Å². The lowest BCUT2D eigenvalue weighted by atomic mass is 10.1. The van der Waals surface area contributed by atoms with Crippen LogP contribution in [0, 0.1) is 5.92 Å². The molecule has 0 saturated carbocycles. The second kappa shape index (κ2) is 9.16. The highest BCUT2D eigenvalue weighted by Crippen LogP contribution is 2.02. The maximum atomic E-state index is 11.5. The molecule has 2 amide bonds. The average molecular weight is 278 g/mol. The van der Waals surface area contributed by atoms with Crippen molar-refractivity contribution in [2.45, 2.75) is 39.2 Å². The van der Waals surface area contributed by atoms with Gasteiger partial charge in [0, 0.05) is 19.0 Å². The van der Waals surface area contributed by atoms with E-state index in [1.54, 1.807) is 0 Å². The third kappa shape index (κ3) is 7.50. The fourth-order valence-corrected chi connectivity index (χ4v) is 1.74. The SMILES string of the molecule is CC(C)CCC(=O)NCC(=O)NC1CCNC1.Cl. The fraction of sp³-hybridized carbons (Fsp3) is 0.833. The zero-order valence-corrected chi connectivity index (χ0v) is 11.9. The standard InChI is InChI=1S/C12H23N3O2.ClH/c1-9(2)3-4-11(16)14-8-12(17)15-10-5-6-13-7-10;/h9-10,13H,3-8H2,1-2H3,(H,14,16)(H,15,17);1H. The second-order valence-electron chi connectivity index (χ2n) is 4.97. The summed E-state index contributed by atoms with van der Waals surface area (Å²) >= 11 is 0. The number of nitrogens with one attached hydrogen (secondary N) is 3. The van der Waals surface area contributed by atoms with E-state index in [0.29, 0.717) is 12.3 Å². The molecule has 106 valence electrons. The zero-order valence-electron chi connectivity index (χ0n) is 11.1. The summed E-state index contributed by atoms with van der Waals surface area (Å²) in [6, 6.07) is 0.218. The van der Waals surface area contributed by atoms with E-state index in [0.717, 1.165) is 25.9 Å². The predicted molar refractivity (Wildman–Crippen MR) is 73.7 cm³/mol. The molecule has 0 bridgehead atoms. The first-order valence-electron chi connectivity index (χ1n) is 6.34. The Labute approximate surface area is 115 Å². The third-order valence-corrected chi connectivity index (χ3v) is 2.82. The predicted octanol–water partition coefficient (Wildman–Crippen LogP) is 0.439. The minimum Gasteiger partial charge on any atom is -0.351 e. The van der Waals surface area contributed by atoms with Gasteiger partial charge in [-0.25, -0.2) is 0 Å². The lowest BCUT2D eigenvalue weighted by Crippen LogP contribution is -2.42. The van der Waals surface area contributed by atoms with Crippen LogP contribution < -0.4 is 16.0 Å². The Morgan fingerprint density at radius 1 is 1.33 bits per heavy atom. The molecule has 0 aromatic rings. The molecule has 1 atom stereocenters. The summed E-state index contributed by atoms with van der Waals surface area (Å²) in [6.07, 6.45) is 2.32.